The second-order valence-electron chi connectivity index (χ2n) is 2.90. The van der Waals surface area contributed by atoms with Crippen molar-refractivity contribution in [3.8, 4) is 17.1 Å². The SMILES string of the molecule is COc1ccccc1-c1nc(Br)nc(Br)n1. The van der Waals surface area contributed by atoms with Crippen molar-refractivity contribution >= 4 is 31.9 Å². The van der Waals surface area contributed by atoms with Crippen LogP contribution in [0.5, 0.6) is 5.75 Å². The molecular weight excluding hydrogens is 338 g/mol. The number of halogens is 2. The normalized spacial score (nSPS) is 10.2. The Kier molecular flexibility index (Phi) is 3.50. The second kappa shape index (κ2) is 4.88. The number of para-hydroxylation sites is 1. The lowest BCUT2D eigenvalue weighted by molar-refractivity contribution is 0.416. The summed E-state index contributed by atoms with van der Waals surface area (Å²) in [6.45, 7) is 0. The van der Waals surface area contributed by atoms with Gasteiger partial charge in [0.05, 0.1) is 12.7 Å². The third-order valence-corrected chi connectivity index (χ3v) is 2.64. The molecule has 1 heterocycles. The Morgan fingerprint density at radius 2 is 1.62 bits per heavy atom. The van der Waals surface area contributed by atoms with Gasteiger partial charge in [-0.15, -0.1) is 0 Å². The van der Waals surface area contributed by atoms with Gasteiger partial charge in [-0.3, -0.25) is 0 Å². The monoisotopic (exact) mass is 343 g/mol. The molecule has 1 aromatic heterocycles. The molecule has 0 aliphatic heterocycles. The third-order valence-electron chi connectivity index (χ3n) is 1.93. The lowest BCUT2D eigenvalue weighted by Crippen LogP contribution is -1.96. The Labute approximate surface area is 109 Å². The van der Waals surface area contributed by atoms with Crippen molar-refractivity contribution in [2.45, 2.75) is 0 Å². The molecule has 4 nitrogen and oxygen atoms in total. The van der Waals surface area contributed by atoms with Gasteiger partial charge in [0.15, 0.2) is 5.82 Å². The molecule has 0 bridgehead atoms. The Morgan fingerprint density at radius 3 is 2.25 bits per heavy atom. The highest BCUT2D eigenvalue weighted by atomic mass is 79.9. The number of ether oxygens (including phenoxy) is 1. The first-order valence-electron chi connectivity index (χ1n) is 4.41. The van der Waals surface area contributed by atoms with Gasteiger partial charge in [0, 0.05) is 0 Å². The van der Waals surface area contributed by atoms with Crippen LogP contribution in [-0.4, -0.2) is 22.1 Å². The highest BCUT2D eigenvalue weighted by Gasteiger charge is 2.09. The molecule has 0 saturated carbocycles. The van der Waals surface area contributed by atoms with E-state index >= 15 is 0 Å². The molecule has 0 amide bonds. The molecule has 16 heavy (non-hydrogen) atoms. The molecule has 82 valence electrons. The maximum Gasteiger partial charge on any atom is 0.201 e. The van der Waals surface area contributed by atoms with Crippen molar-refractivity contribution in [1.82, 2.24) is 15.0 Å². The van der Waals surface area contributed by atoms with Crippen molar-refractivity contribution in [2.75, 3.05) is 7.11 Å². The molecule has 0 N–H and O–H groups in total. The maximum absolute atomic E-state index is 5.25. The van der Waals surface area contributed by atoms with Crippen LogP contribution < -0.4 is 4.74 Å². The molecule has 2 aromatic rings. The van der Waals surface area contributed by atoms with Crippen LogP contribution in [0.1, 0.15) is 0 Å². The lowest BCUT2D eigenvalue weighted by Gasteiger charge is -2.06. The Hall–Kier alpha value is -1.01. The molecule has 0 aliphatic rings. The van der Waals surface area contributed by atoms with Crippen LogP contribution in [0.3, 0.4) is 0 Å². The number of methoxy groups -OCH3 is 1. The summed E-state index contributed by atoms with van der Waals surface area (Å²) in [4.78, 5) is 12.4. The van der Waals surface area contributed by atoms with Crippen LogP contribution in [0.2, 0.25) is 0 Å². The first-order valence-corrected chi connectivity index (χ1v) is 6.00. The van der Waals surface area contributed by atoms with Crippen molar-refractivity contribution in [3.63, 3.8) is 0 Å². The zero-order valence-corrected chi connectivity index (χ0v) is 11.5. The molecule has 0 spiro atoms. The first-order chi connectivity index (χ1) is 7.70. The van der Waals surface area contributed by atoms with Gasteiger partial charge in [-0.2, -0.15) is 4.98 Å². The fourth-order valence-corrected chi connectivity index (χ4v) is 2.19. The number of benzene rings is 1. The van der Waals surface area contributed by atoms with Gasteiger partial charge in [-0.25, -0.2) is 9.97 Å². The van der Waals surface area contributed by atoms with Gasteiger partial charge in [0.25, 0.3) is 0 Å². The van der Waals surface area contributed by atoms with Crippen molar-refractivity contribution in [2.24, 2.45) is 0 Å². The Bertz CT molecular complexity index is 499. The zero-order chi connectivity index (χ0) is 11.5. The molecule has 6 heteroatoms. The van der Waals surface area contributed by atoms with Gasteiger partial charge < -0.3 is 4.74 Å². The standard InChI is InChI=1S/C10H7Br2N3O/c1-16-7-5-3-2-4-6(7)8-13-9(11)15-10(12)14-8/h2-5H,1H3. The average molecular weight is 345 g/mol. The number of hydrogen-bond acceptors (Lipinski definition) is 4. The van der Waals surface area contributed by atoms with Crippen LogP contribution in [-0.2, 0) is 0 Å². The summed E-state index contributed by atoms with van der Waals surface area (Å²) < 4.78 is 6.21. The van der Waals surface area contributed by atoms with Crippen LogP contribution in [0.25, 0.3) is 11.4 Å². The van der Waals surface area contributed by atoms with Gasteiger partial charge in [-0.05, 0) is 44.0 Å². The molecule has 0 fully saturated rings. The minimum absolute atomic E-state index is 0.482. The quantitative estimate of drug-likeness (QED) is 0.840. The number of rotatable bonds is 2. The van der Waals surface area contributed by atoms with E-state index < -0.39 is 0 Å². The average Bonchev–Trinajstić information content (AvgIpc) is 2.27. The van der Waals surface area contributed by atoms with Crippen molar-refractivity contribution in [1.29, 1.82) is 0 Å². The molecule has 0 radical (unpaired) electrons. The summed E-state index contributed by atoms with van der Waals surface area (Å²) in [6, 6.07) is 7.56. The summed E-state index contributed by atoms with van der Waals surface area (Å²) >= 11 is 6.45. The van der Waals surface area contributed by atoms with Crippen molar-refractivity contribution < 1.29 is 4.74 Å². The van der Waals surface area contributed by atoms with Crippen LogP contribution in [0.15, 0.2) is 33.7 Å². The largest absolute Gasteiger partial charge is 0.496 e. The fourth-order valence-electron chi connectivity index (χ4n) is 1.28. The number of aromatic nitrogens is 3. The minimum Gasteiger partial charge on any atom is -0.496 e. The van der Waals surface area contributed by atoms with Crippen molar-refractivity contribution in [3.05, 3.63) is 33.7 Å². The van der Waals surface area contributed by atoms with E-state index in [2.05, 4.69) is 46.8 Å². The summed E-state index contributed by atoms with van der Waals surface area (Å²) in [5.41, 5.74) is 0.828. The number of nitrogens with zero attached hydrogens (tertiary/aromatic N) is 3. The Morgan fingerprint density at radius 1 is 1.00 bits per heavy atom. The zero-order valence-electron chi connectivity index (χ0n) is 8.32. The number of hydrogen-bond donors (Lipinski definition) is 0. The first kappa shape index (κ1) is 11.5. The Balaban J connectivity index is 2.58. The molecule has 1 aromatic carbocycles. The molecule has 2 rings (SSSR count). The molecular formula is C10H7Br2N3O. The van der Waals surface area contributed by atoms with E-state index in [1.165, 1.54) is 0 Å². The highest BCUT2D eigenvalue weighted by molar-refractivity contribution is 9.11. The second-order valence-corrected chi connectivity index (χ2v) is 4.32. The van der Waals surface area contributed by atoms with E-state index in [-0.39, 0.29) is 0 Å². The maximum atomic E-state index is 5.25. The molecule has 0 saturated heterocycles. The summed E-state index contributed by atoms with van der Waals surface area (Å²) in [6.07, 6.45) is 0. The smallest absolute Gasteiger partial charge is 0.201 e. The van der Waals surface area contributed by atoms with E-state index in [1.807, 2.05) is 24.3 Å². The van der Waals surface area contributed by atoms with E-state index in [1.54, 1.807) is 7.11 Å². The summed E-state index contributed by atoms with van der Waals surface area (Å²) in [7, 11) is 1.62. The highest BCUT2D eigenvalue weighted by Crippen LogP contribution is 2.27. The topological polar surface area (TPSA) is 47.9 Å². The van der Waals surface area contributed by atoms with E-state index in [4.69, 9.17) is 4.74 Å². The lowest BCUT2D eigenvalue weighted by atomic mass is 10.2. The predicted molar refractivity (Wildman–Crippen MR) is 67.2 cm³/mol. The summed E-state index contributed by atoms with van der Waals surface area (Å²) in [5.74, 6) is 1.29. The van der Waals surface area contributed by atoms with E-state index in [0.717, 1.165) is 11.3 Å². The van der Waals surface area contributed by atoms with Gasteiger partial charge in [0.1, 0.15) is 5.75 Å². The predicted octanol–water partition coefficient (Wildman–Crippen LogP) is 3.07. The van der Waals surface area contributed by atoms with Crippen LogP contribution >= 0.6 is 31.9 Å². The van der Waals surface area contributed by atoms with E-state index in [9.17, 15) is 0 Å². The summed E-state index contributed by atoms with van der Waals surface area (Å²) in [5, 5.41) is 0. The third kappa shape index (κ3) is 2.38. The van der Waals surface area contributed by atoms with Gasteiger partial charge in [-0.1, -0.05) is 12.1 Å². The minimum atomic E-state index is 0.482. The van der Waals surface area contributed by atoms with Gasteiger partial charge >= 0.3 is 0 Å². The van der Waals surface area contributed by atoms with Crippen LogP contribution in [0.4, 0.5) is 0 Å². The molecule has 0 atom stereocenters. The van der Waals surface area contributed by atoms with E-state index in [0.29, 0.717) is 15.3 Å². The molecule has 0 unspecified atom stereocenters. The fraction of sp³-hybridized carbons (Fsp3) is 0.100. The van der Waals surface area contributed by atoms with Crippen LogP contribution in [0, 0.1) is 0 Å². The molecule has 0 aliphatic carbocycles. The van der Waals surface area contributed by atoms with Gasteiger partial charge in [0.2, 0.25) is 9.47 Å².